The van der Waals surface area contributed by atoms with Crippen LogP contribution in [0, 0.1) is 12.7 Å². The number of rotatable bonds is 5. The minimum atomic E-state index is -0.186. The topological polar surface area (TPSA) is 12.0 Å². The first kappa shape index (κ1) is 13.8. The molecule has 0 saturated carbocycles. The molecule has 1 unspecified atom stereocenters. The van der Waals surface area contributed by atoms with E-state index in [2.05, 4.69) is 43.4 Å². The summed E-state index contributed by atoms with van der Waals surface area (Å²) in [4.78, 5) is 0. The van der Waals surface area contributed by atoms with Gasteiger partial charge in [0.25, 0.3) is 0 Å². The maximum atomic E-state index is 13.0. The summed E-state index contributed by atoms with van der Waals surface area (Å²) in [5.41, 5.74) is 3.69. The number of benzene rings is 2. The fourth-order valence-corrected chi connectivity index (χ4v) is 2.21. The van der Waals surface area contributed by atoms with Gasteiger partial charge in [0.05, 0.1) is 0 Å². The highest BCUT2D eigenvalue weighted by Gasteiger charge is 2.11. The van der Waals surface area contributed by atoms with Crippen LogP contribution < -0.4 is 5.32 Å². The lowest BCUT2D eigenvalue weighted by atomic mass is 9.98. The summed E-state index contributed by atoms with van der Waals surface area (Å²) in [6.07, 6.45) is 0.916. The van der Waals surface area contributed by atoms with Crippen molar-refractivity contribution in [1.29, 1.82) is 0 Å². The van der Waals surface area contributed by atoms with Gasteiger partial charge in [0, 0.05) is 6.04 Å². The molecule has 2 aromatic carbocycles. The van der Waals surface area contributed by atoms with E-state index in [-0.39, 0.29) is 11.9 Å². The Morgan fingerprint density at radius 2 is 1.63 bits per heavy atom. The molecular weight excluding hydrogens is 237 g/mol. The van der Waals surface area contributed by atoms with Crippen LogP contribution in [-0.2, 0) is 6.42 Å². The van der Waals surface area contributed by atoms with E-state index >= 15 is 0 Å². The van der Waals surface area contributed by atoms with Gasteiger partial charge in [-0.3, -0.25) is 0 Å². The average Bonchev–Trinajstić information content (AvgIpc) is 2.42. The third-order valence-electron chi connectivity index (χ3n) is 3.28. The SMILES string of the molecule is CCNC(Cc1ccc(C)cc1)c1ccc(F)cc1. The van der Waals surface area contributed by atoms with Gasteiger partial charge in [-0.25, -0.2) is 4.39 Å². The molecule has 2 heteroatoms. The van der Waals surface area contributed by atoms with Crippen molar-refractivity contribution in [1.82, 2.24) is 5.32 Å². The van der Waals surface area contributed by atoms with Crippen molar-refractivity contribution >= 4 is 0 Å². The molecule has 0 aliphatic heterocycles. The molecule has 0 heterocycles. The monoisotopic (exact) mass is 257 g/mol. The maximum absolute atomic E-state index is 13.0. The van der Waals surface area contributed by atoms with E-state index in [0.29, 0.717) is 0 Å². The maximum Gasteiger partial charge on any atom is 0.123 e. The third-order valence-corrected chi connectivity index (χ3v) is 3.28. The Kier molecular flexibility index (Phi) is 4.69. The van der Waals surface area contributed by atoms with E-state index in [1.54, 1.807) is 0 Å². The molecule has 1 N–H and O–H groups in total. The van der Waals surface area contributed by atoms with E-state index in [0.717, 1.165) is 18.5 Å². The second-order valence-electron chi connectivity index (χ2n) is 4.85. The second-order valence-corrected chi connectivity index (χ2v) is 4.85. The van der Waals surface area contributed by atoms with Crippen molar-refractivity contribution in [3.05, 3.63) is 71.0 Å². The highest BCUT2D eigenvalue weighted by Crippen LogP contribution is 2.19. The van der Waals surface area contributed by atoms with Crippen LogP contribution in [0.2, 0.25) is 0 Å². The largest absolute Gasteiger partial charge is 0.310 e. The van der Waals surface area contributed by atoms with Crippen LogP contribution in [0.5, 0.6) is 0 Å². The molecule has 0 aromatic heterocycles. The first-order chi connectivity index (χ1) is 9.19. The number of hydrogen-bond donors (Lipinski definition) is 1. The van der Waals surface area contributed by atoms with Crippen LogP contribution in [0.25, 0.3) is 0 Å². The van der Waals surface area contributed by atoms with Gasteiger partial charge >= 0.3 is 0 Å². The molecule has 0 amide bonds. The first-order valence-corrected chi connectivity index (χ1v) is 6.73. The summed E-state index contributed by atoms with van der Waals surface area (Å²) < 4.78 is 13.0. The number of aryl methyl sites for hydroxylation is 1. The molecule has 19 heavy (non-hydrogen) atoms. The molecular formula is C17H20FN. The van der Waals surface area contributed by atoms with Gasteiger partial charge < -0.3 is 5.32 Å². The van der Waals surface area contributed by atoms with Crippen LogP contribution in [0.1, 0.15) is 29.7 Å². The standard InChI is InChI=1S/C17H20FN/c1-3-19-17(15-8-10-16(18)11-9-15)12-14-6-4-13(2)5-7-14/h4-11,17,19H,3,12H2,1-2H3. The molecule has 1 nitrogen and oxygen atoms in total. The average molecular weight is 257 g/mol. The number of likely N-dealkylation sites (N-methyl/N-ethyl adjacent to an activating group) is 1. The zero-order valence-electron chi connectivity index (χ0n) is 11.5. The quantitative estimate of drug-likeness (QED) is 0.852. The van der Waals surface area contributed by atoms with Crippen molar-refractivity contribution in [3.63, 3.8) is 0 Å². The van der Waals surface area contributed by atoms with Crippen LogP contribution in [-0.4, -0.2) is 6.54 Å². The molecule has 0 aliphatic rings. The third kappa shape index (κ3) is 3.90. The Hall–Kier alpha value is -1.67. The molecule has 0 aliphatic carbocycles. The molecule has 2 rings (SSSR count). The van der Waals surface area contributed by atoms with E-state index in [4.69, 9.17) is 0 Å². The number of hydrogen-bond acceptors (Lipinski definition) is 1. The van der Waals surface area contributed by atoms with Gasteiger partial charge in [-0.1, -0.05) is 48.9 Å². The Morgan fingerprint density at radius 3 is 2.21 bits per heavy atom. The Labute approximate surface area is 114 Å². The normalized spacial score (nSPS) is 12.4. The predicted molar refractivity (Wildman–Crippen MR) is 77.7 cm³/mol. The minimum Gasteiger partial charge on any atom is -0.310 e. The first-order valence-electron chi connectivity index (χ1n) is 6.73. The zero-order chi connectivity index (χ0) is 13.7. The summed E-state index contributed by atoms with van der Waals surface area (Å²) in [5.74, 6) is -0.186. The van der Waals surface area contributed by atoms with Crippen molar-refractivity contribution < 1.29 is 4.39 Å². The molecule has 0 fully saturated rings. The van der Waals surface area contributed by atoms with Crippen LogP contribution in [0.15, 0.2) is 48.5 Å². The number of nitrogens with one attached hydrogen (secondary N) is 1. The Morgan fingerprint density at radius 1 is 1.00 bits per heavy atom. The van der Waals surface area contributed by atoms with Crippen LogP contribution in [0.3, 0.4) is 0 Å². The zero-order valence-corrected chi connectivity index (χ0v) is 11.5. The fraction of sp³-hybridized carbons (Fsp3) is 0.294. The Bertz CT molecular complexity index is 502. The summed E-state index contributed by atoms with van der Waals surface area (Å²) in [6.45, 7) is 5.07. The molecule has 0 bridgehead atoms. The van der Waals surface area contributed by atoms with Crippen molar-refractivity contribution in [2.45, 2.75) is 26.3 Å². The molecule has 0 saturated heterocycles. The second kappa shape index (κ2) is 6.48. The van der Waals surface area contributed by atoms with E-state index in [1.165, 1.54) is 23.3 Å². The van der Waals surface area contributed by atoms with Gasteiger partial charge in [-0.2, -0.15) is 0 Å². The molecule has 2 aromatic rings. The Balaban J connectivity index is 2.15. The summed E-state index contributed by atoms with van der Waals surface area (Å²) in [5, 5.41) is 3.46. The summed E-state index contributed by atoms with van der Waals surface area (Å²) in [7, 11) is 0. The van der Waals surface area contributed by atoms with Gasteiger partial charge in [-0.05, 0) is 43.1 Å². The smallest absolute Gasteiger partial charge is 0.123 e. The fourth-order valence-electron chi connectivity index (χ4n) is 2.21. The lowest BCUT2D eigenvalue weighted by Gasteiger charge is -2.18. The van der Waals surface area contributed by atoms with Crippen LogP contribution in [0.4, 0.5) is 4.39 Å². The van der Waals surface area contributed by atoms with E-state index in [1.807, 2.05) is 12.1 Å². The molecule has 0 radical (unpaired) electrons. The molecule has 1 atom stereocenters. The highest BCUT2D eigenvalue weighted by molar-refractivity contribution is 5.26. The van der Waals surface area contributed by atoms with Gasteiger partial charge in [0.2, 0.25) is 0 Å². The number of halogens is 1. The molecule has 100 valence electrons. The minimum absolute atomic E-state index is 0.186. The predicted octanol–water partition coefficient (Wildman–Crippen LogP) is 4.03. The van der Waals surface area contributed by atoms with Crippen LogP contribution >= 0.6 is 0 Å². The summed E-state index contributed by atoms with van der Waals surface area (Å²) in [6, 6.07) is 15.6. The highest BCUT2D eigenvalue weighted by atomic mass is 19.1. The molecule has 0 spiro atoms. The van der Waals surface area contributed by atoms with Crippen molar-refractivity contribution in [3.8, 4) is 0 Å². The lowest BCUT2D eigenvalue weighted by Crippen LogP contribution is -2.22. The van der Waals surface area contributed by atoms with Gasteiger partial charge in [-0.15, -0.1) is 0 Å². The van der Waals surface area contributed by atoms with Crippen molar-refractivity contribution in [2.75, 3.05) is 6.54 Å². The lowest BCUT2D eigenvalue weighted by molar-refractivity contribution is 0.547. The van der Waals surface area contributed by atoms with Crippen molar-refractivity contribution in [2.24, 2.45) is 0 Å². The van der Waals surface area contributed by atoms with E-state index in [9.17, 15) is 4.39 Å². The van der Waals surface area contributed by atoms with Gasteiger partial charge in [0.1, 0.15) is 5.82 Å². The van der Waals surface area contributed by atoms with E-state index < -0.39 is 0 Å². The summed E-state index contributed by atoms with van der Waals surface area (Å²) >= 11 is 0. The van der Waals surface area contributed by atoms with Gasteiger partial charge in [0.15, 0.2) is 0 Å².